The molecule has 0 radical (unpaired) electrons. The number of unbranched alkanes of at least 4 members (excludes halogenated alkanes) is 2. The van der Waals surface area contributed by atoms with Gasteiger partial charge in [-0.25, -0.2) is 9.59 Å². The van der Waals surface area contributed by atoms with Crippen molar-refractivity contribution in [1.29, 1.82) is 0 Å². The van der Waals surface area contributed by atoms with Crippen LogP contribution in [0.5, 0.6) is 23.0 Å². The maximum Gasteiger partial charge on any atom is 0.336 e. The van der Waals surface area contributed by atoms with Gasteiger partial charge in [0.05, 0.1) is 6.10 Å². The summed E-state index contributed by atoms with van der Waals surface area (Å²) < 4.78 is 9.86. The van der Waals surface area contributed by atoms with Gasteiger partial charge in [0.1, 0.15) is 0 Å². The van der Waals surface area contributed by atoms with Gasteiger partial charge in [0.15, 0.2) is 11.5 Å². The molecule has 0 aliphatic carbocycles. The average molecular weight is 379 g/mol. The highest BCUT2D eigenvalue weighted by molar-refractivity contribution is 5.95. The predicted octanol–water partition coefficient (Wildman–Crippen LogP) is 2.07. The zero-order valence-electron chi connectivity index (χ0n) is 15.4. The summed E-state index contributed by atoms with van der Waals surface area (Å²) in [6.07, 6.45) is 4.73. The minimum atomic E-state index is -1.17. The second-order valence-corrected chi connectivity index (χ2v) is 6.49. The van der Waals surface area contributed by atoms with Gasteiger partial charge < -0.3 is 30.1 Å². The number of hydrogen-bond donors (Lipinski definition) is 4. The summed E-state index contributed by atoms with van der Waals surface area (Å²) in [4.78, 5) is 23.3. The van der Waals surface area contributed by atoms with Gasteiger partial charge in [0.2, 0.25) is 11.5 Å². The van der Waals surface area contributed by atoms with Crippen LogP contribution in [0.1, 0.15) is 51.2 Å². The monoisotopic (exact) mass is 379 g/mol. The highest BCUT2D eigenvalue weighted by atomic mass is 16.6. The van der Waals surface area contributed by atoms with E-state index in [4.69, 9.17) is 9.47 Å². The molecule has 2 bridgehead atoms. The van der Waals surface area contributed by atoms with E-state index in [0.717, 1.165) is 43.9 Å². The van der Waals surface area contributed by atoms with Crippen LogP contribution in [-0.2, 0) is 9.59 Å². The zero-order valence-corrected chi connectivity index (χ0v) is 15.4. The summed E-state index contributed by atoms with van der Waals surface area (Å²) in [6.45, 7) is 4.23. The van der Waals surface area contributed by atoms with Crippen molar-refractivity contribution >= 4 is 11.9 Å². The molecule has 8 nitrogen and oxygen atoms in total. The molecule has 2 atom stereocenters. The first-order valence-electron chi connectivity index (χ1n) is 8.95. The lowest BCUT2D eigenvalue weighted by Crippen LogP contribution is -2.30. The molecule has 27 heavy (non-hydrogen) atoms. The van der Waals surface area contributed by atoms with E-state index >= 15 is 0 Å². The Hall–Kier alpha value is -2.58. The fourth-order valence-electron chi connectivity index (χ4n) is 2.73. The van der Waals surface area contributed by atoms with E-state index in [1.54, 1.807) is 0 Å². The van der Waals surface area contributed by atoms with Gasteiger partial charge in [-0.2, -0.15) is 0 Å². The number of phenolic OH excluding ortho intramolecular Hbond substituents is 2. The summed E-state index contributed by atoms with van der Waals surface area (Å²) in [5.41, 5.74) is 0.00158. The van der Waals surface area contributed by atoms with Crippen LogP contribution in [0.2, 0.25) is 0 Å². The van der Waals surface area contributed by atoms with Crippen LogP contribution in [0.4, 0.5) is 0 Å². The van der Waals surface area contributed by atoms with Crippen LogP contribution in [0.15, 0.2) is 18.2 Å². The fraction of sp³-hybridized carbons (Fsp3) is 0.474. The highest BCUT2D eigenvalue weighted by Crippen LogP contribution is 2.47. The third-order valence-corrected chi connectivity index (χ3v) is 4.24. The number of phenols is 2. The number of carbonyl (C=O) groups excluding carboxylic acids is 2. The van der Waals surface area contributed by atoms with Gasteiger partial charge in [-0.05, 0) is 19.4 Å². The van der Waals surface area contributed by atoms with E-state index in [0.29, 0.717) is 0 Å². The van der Waals surface area contributed by atoms with Gasteiger partial charge in [0.25, 0.3) is 0 Å². The quantitative estimate of drug-likeness (QED) is 0.307. The van der Waals surface area contributed by atoms with Gasteiger partial charge in [-0.3, -0.25) is 0 Å². The number of benzene rings is 1. The SMILES string of the molecule is CCCCCC(C)NCC(O)c1cc(O)c2c(O)c1OC(=O)/C=C/C(=O)O2. The molecule has 1 aromatic carbocycles. The van der Waals surface area contributed by atoms with Crippen molar-refractivity contribution in [3.8, 4) is 23.0 Å². The molecule has 0 spiro atoms. The molecule has 0 amide bonds. The van der Waals surface area contributed by atoms with Crippen LogP contribution in [-0.4, -0.2) is 39.8 Å². The Morgan fingerprint density at radius 2 is 1.70 bits per heavy atom. The molecule has 0 saturated heterocycles. The van der Waals surface area contributed by atoms with Crippen LogP contribution < -0.4 is 14.8 Å². The molecule has 4 N–H and O–H groups in total. The largest absolute Gasteiger partial charge is 0.504 e. The second-order valence-electron chi connectivity index (χ2n) is 6.49. The Morgan fingerprint density at radius 3 is 2.33 bits per heavy atom. The molecular formula is C19H25NO7. The summed E-state index contributed by atoms with van der Waals surface area (Å²) in [6, 6.07) is 1.26. The molecule has 1 aromatic rings. The van der Waals surface area contributed by atoms with E-state index < -0.39 is 35.3 Å². The van der Waals surface area contributed by atoms with Gasteiger partial charge in [-0.15, -0.1) is 0 Å². The Balaban J connectivity index is 2.21. The lowest BCUT2D eigenvalue weighted by atomic mass is 10.0. The molecule has 148 valence electrons. The summed E-state index contributed by atoms with van der Waals surface area (Å²) in [5, 5.41) is 34.0. The number of fused-ring (bicyclic) bond motifs is 2. The van der Waals surface area contributed by atoms with Crippen molar-refractivity contribution in [2.75, 3.05) is 6.54 Å². The number of aliphatic hydroxyl groups excluding tert-OH is 1. The molecule has 2 rings (SSSR count). The Bertz CT molecular complexity index is 729. The normalized spacial score (nSPS) is 17.1. The summed E-state index contributed by atoms with van der Waals surface area (Å²) >= 11 is 0. The van der Waals surface area contributed by atoms with Crippen molar-refractivity contribution < 1.29 is 34.4 Å². The van der Waals surface area contributed by atoms with Crippen LogP contribution in [0.3, 0.4) is 0 Å². The van der Waals surface area contributed by atoms with E-state index in [9.17, 15) is 24.9 Å². The van der Waals surface area contributed by atoms with Crippen molar-refractivity contribution in [3.05, 3.63) is 23.8 Å². The minimum absolute atomic E-state index is 0.00158. The van der Waals surface area contributed by atoms with E-state index in [2.05, 4.69) is 12.2 Å². The molecule has 0 fully saturated rings. The minimum Gasteiger partial charge on any atom is -0.504 e. The van der Waals surface area contributed by atoms with E-state index in [-0.39, 0.29) is 23.9 Å². The van der Waals surface area contributed by atoms with Crippen molar-refractivity contribution in [2.24, 2.45) is 0 Å². The zero-order chi connectivity index (χ0) is 20.0. The molecular weight excluding hydrogens is 354 g/mol. The smallest absolute Gasteiger partial charge is 0.336 e. The number of carbonyl (C=O) groups is 2. The molecule has 0 saturated carbocycles. The van der Waals surface area contributed by atoms with Gasteiger partial charge in [-0.1, -0.05) is 26.2 Å². The highest BCUT2D eigenvalue weighted by Gasteiger charge is 2.28. The molecule has 2 unspecified atom stereocenters. The topological polar surface area (TPSA) is 125 Å². The Kier molecular flexibility index (Phi) is 7.20. The number of nitrogens with one attached hydrogen (secondary N) is 1. The maximum absolute atomic E-state index is 11.8. The number of rotatable bonds is 8. The molecule has 1 heterocycles. The average Bonchev–Trinajstić information content (AvgIpc) is 2.66. The number of hydrogen-bond acceptors (Lipinski definition) is 8. The molecule has 1 aliphatic heterocycles. The van der Waals surface area contributed by atoms with Crippen molar-refractivity contribution in [1.82, 2.24) is 5.32 Å². The maximum atomic E-state index is 11.8. The fourth-order valence-corrected chi connectivity index (χ4v) is 2.73. The lowest BCUT2D eigenvalue weighted by molar-refractivity contribution is -0.131. The van der Waals surface area contributed by atoms with Gasteiger partial charge >= 0.3 is 11.9 Å². The van der Waals surface area contributed by atoms with Crippen LogP contribution >= 0.6 is 0 Å². The van der Waals surface area contributed by atoms with Crippen LogP contribution in [0.25, 0.3) is 0 Å². The third kappa shape index (κ3) is 5.45. The Labute approximate surface area is 157 Å². The number of ether oxygens (including phenoxy) is 2. The number of esters is 2. The van der Waals surface area contributed by atoms with E-state index in [1.165, 1.54) is 0 Å². The predicted molar refractivity (Wildman–Crippen MR) is 96.7 cm³/mol. The van der Waals surface area contributed by atoms with E-state index in [1.807, 2.05) is 6.92 Å². The molecule has 0 aromatic heterocycles. The van der Waals surface area contributed by atoms with Crippen molar-refractivity contribution in [3.63, 3.8) is 0 Å². The first-order chi connectivity index (χ1) is 12.8. The lowest BCUT2D eigenvalue weighted by Gasteiger charge is -2.20. The second kappa shape index (κ2) is 9.38. The number of aliphatic hydroxyl groups is 1. The van der Waals surface area contributed by atoms with Crippen LogP contribution in [0, 0.1) is 0 Å². The molecule has 1 aliphatic rings. The first kappa shape index (κ1) is 20.7. The Morgan fingerprint density at radius 1 is 1.07 bits per heavy atom. The third-order valence-electron chi connectivity index (χ3n) is 4.24. The number of aromatic hydroxyl groups is 2. The molecule has 8 heteroatoms. The summed E-state index contributed by atoms with van der Waals surface area (Å²) in [7, 11) is 0. The van der Waals surface area contributed by atoms with Crippen molar-refractivity contribution in [2.45, 2.75) is 51.7 Å². The summed E-state index contributed by atoms with van der Waals surface area (Å²) in [5.74, 6) is -4.06. The standard InChI is InChI=1S/C19H25NO7/c1-3-4-5-6-11(2)20-10-14(22)12-9-13(21)19-17(25)18(12)26-15(23)7-8-16(24)27-19/h7-9,11,14,20-22,25H,3-6,10H2,1-2H3/b8-7+. The first-order valence-corrected chi connectivity index (χ1v) is 8.95. The van der Waals surface area contributed by atoms with Gasteiger partial charge in [0, 0.05) is 30.3 Å².